The lowest BCUT2D eigenvalue weighted by Crippen LogP contribution is -2.11. The van der Waals surface area contributed by atoms with Crippen molar-refractivity contribution in [3.63, 3.8) is 0 Å². The number of hydrogen-bond acceptors (Lipinski definition) is 0. The molecular formula is C30H42. The number of hydrogen-bond donors (Lipinski definition) is 0. The summed E-state index contributed by atoms with van der Waals surface area (Å²) in [6, 6.07) is 19.0. The highest BCUT2D eigenvalue weighted by Crippen LogP contribution is 2.52. The summed E-state index contributed by atoms with van der Waals surface area (Å²) in [7, 11) is 0. The molecule has 0 heterocycles. The molecule has 30 heavy (non-hydrogen) atoms. The Bertz CT molecular complexity index is 743. The minimum absolute atomic E-state index is 0.695. The van der Waals surface area contributed by atoms with Crippen LogP contribution in [0.15, 0.2) is 48.5 Å². The van der Waals surface area contributed by atoms with Crippen LogP contribution in [0.4, 0.5) is 0 Å². The van der Waals surface area contributed by atoms with Gasteiger partial charge in [0, 0.05) is 0 Å². The van der Waals surface area contributed by atoms with Crippen LogP contribution in [0, 0.1) is 47.3 Å². The summed E-state index contributed by atoms with van der Waals surface area (Å²) in [5, 5.41) is 0. The van der Waals surface area contributed by atoms with Gasteiger partial charge in [-0.1, -0.05) is 104 Å². The van der Waals surface area contributed by atoms with Crippen LogP contribution in [0.25, 0.3) is 11.1 Å². The first-order valence-corrected chi connectivity index (χ1v) is 12.4. The molecule has 0 aliphatic heterocycles. The molecular weight excluding hydrogens is 360 g/mol. The van der Waals surface area contributed by atoms with Gasteiger partial charge in [0.05, 0.1) is 0 Å². The molecule has 2 aromatic carbocycles. The van der Waals surface area contributed by atoms with E-state index in [9.17, 15) is 0 Å². The first-order chi connectivity index (χ1) is 14.2. The second kappa shape index (κ2) is 8.18. The highest BCUT2D eigenvalue weighted by atomic mass is 14.5. The van der Waals surface area contributed by atoms with Gasteiger partial charge in [0.2, 0.25) is 0 Å². The van der Waals surface area contributed by atoms with Crippen LogP contribution in [0.5, 0.6) is 0 Å². The summed E-state index contributed by atoms with van der Waals surface area (Å²) < 4.78 is 0. The summed E-state index contributed by atoms with van der Waals surface area (Å²) in [4.78, 5) is 0. The molecule has 2 aliphatic rings. The summed E-state index contributed by atoms with van der Waals surface area (Å²) in [5.41, 5.74) is 5.75. The SMILES string of the molecule is CC1C(C)C(C)C(c2ccc(-c3ccc(C4C(C)C(C)C(C)C4C)cc3)cc2)C1C. The van der Waals surface area contributed by atoms with Crippen molar-refractivity contribution in [1.82, 2.24) is 0 Å². The maximum Gasteiger partial charge on any atom is -0.0105 e. The van der Waals surface area contributed by atoms with Gasteiger partial charge in [-0.25, -0.2) is 0 Å². The summed E-state index contributed by atoms with van der Waals surface area (Å²) >= 11 is 0. The Morgan fingerprint density at radius 3 is 0.800 bits per heavy atom. The zero-order valence-electron chi connectivity index (χ0n) is 20.4. The van der Waals surface area contributed by atoms with E-state index in [1.807, 2.05) is 0 Å². The molecule has 0 saturated heterocycles. The molecule has 8 unspecified atom stereocenters. The molecule has 0 spiro atoms. The predicted molar refractivity (Wildman–Crippen MR) is 131 cm³/mol. The van der Waals surface area contributed by atoms with Gasteiger partial charge in [0.15, 0.2) is 0 Å². The number of benzene rings is 2. The van der Waals surface area contributed by atoms with E-state index in [0.29, 0.717) is 11.8 Å². The van der Waals surface area contributed by atoms with Gasteiger partial charge in [-0.15, -0.1) is 0 Å². The second-order valence-electron chi connectivity index (χ2n) is 11.2. The van der Waals surface area contributed by atoms with E-state index in [0.717, 1.165) is 47.3 Å². The van der Waals surface area contributed by atoms with E-state index in [1.54, 1.807) is 0 Å². The summed E-state index contributed by atoms with van der Waals surface area (Å²) in [5.74, 6) is 7.68. The van der Waals surface area contributed by atoms with Gasteiger partial charge in [-0.05, 0) is 81.4 Å². The Morgan fingerprint density at radius 2 is 0.567 bits per heavy atom. The molecule has 162 valence electrons. The third-order valence-corrected chi connectivity index (χ3v) is 10.2. The highest BCUT2D eigenvalue weighted by molar-refractivity contribution is 5.64. The minimum Gasteiger partial charge on any atom is -0.0620 e. The third kappa shape index (κ3) is 3.45. The molecule has 4 rings (SSSR count). The van der Waals surface area contributed by atoms with E-state index >= 15 is 0 Å². The van der Waals surface area contributed by atoms with Crippen molar-refractivity contribution in [1.29, 1.82) is 0 Å². The van der Waals surface area contributed by atoms with Gasteiger partial charge in [0.25, 0.3) is 0 Å². The fourth-order valence-corrected chi connectivity index (χ4v) is 7.19. The van der Waals surface area contributed by atoms with Gasteiger partial charge in [0.1, 0.15) is 0 Å². The number of rotatable bonds is 3. The second-order valence-corrected chi connectivity index (χ2v) is 11.2. The largest absolute Gasteiger partial charge is 0.0620 e. The predicted octanol–water partition coefficient (Wildman–Crippen LogP) is 8.64. The monoisotopic (exact) mass is 402 g/mol. The van der Waals surface area contributed by atoms with Crippen LogP contribution in [-0.4, -0.2) is 0 Å². The van der Waals surface area contributed by atoms with Crippen molar-refractivity contribution >= 4 is 0 Å². The average molecular weight is 403 g/mol. The fourth-order valence-electron chi connectivity index (χ4n) is 7.19. The van der Waals surface area contributed by atoms with Crippen molar-refractivity contribution in [2.45, 2.75) is 67.2 Å². The van der Waals surface area contributed by atoms with Crippen LogP contribution in [-0.2, 0) is 0 Å². The Balaban J connectivity index is 1.53. The molecule has 8 atom stereocenters. The van der Waals surface area contributed by atoms with E-state index in [2.05, 4.69) is 104 Å². The normalized spacial score (nSPS) is 41.3. The van der Waals surface area contributed by atoms with Gasteiger partial charge < -0.3 is 0 Å². The quantitative estimate of drug-likeness (QED) is 0.482. The smallest absolute Gasteiger partial charge is 0.0105 e. The molecule has 0 heteroatoms. The topological polar surface area (TPSA) is 0 Å². The molecule has 0 N–H and O–H groups in total. The Hall–Kier alpha value is -1.56. The lowest BCUT2D eigenvalue weighted by atomic mass is 9.82. The first kappa shape index (κ1) is 21.7. The lowest BCUT2D eigenvalue weighted by Gasteiger charge is -2.23. The van der Waals surface area contributed by atoms with Gasteiger partial charge >= 0.3 is 0 Å². The van der Waals surface area contributed by atoms with Crippen LogP contribution < -0.4 is 0 Å². The van der Waals surface area contributed by atoms with E-state index in [1.165, 1.54) is 22.3 Å². The molecule has 0 bridgehead atoms. The molecule has 2 aromatic rings. The van der Waals surface area contributed by atoms with Crippen molar-refractivity contribution in [3.8, 4) is 11.1 Å². The van der Waals surface area contributed by atoms with Crippen LogP contribution in [0.3, 0.4) is 0 Å². The summed E-state index contributed by atoms with van der Waals surface area (Å²) in [6.45, 7) is 19.6. The standard InChI is InChI=1S/C30H42/c1-17-18(2)22(6)29(21(17)5)27-13-9-25(10-14-27)26-11-15-28(16-12-26)30-23(7)19(3)20(4)24(30)8/h9-24,29-30H,1-8H3. The van der Waals surface area contributed by atoms with Crippen LogP contribution >= 0.6 is 0 Å². The molecule has 2 saturated carbocycles. The van der Waals surface area contributed by atoms with E-state index in [-0.39, 0.29) is 0 Å². The lowest BCUT2D eigenvalue weighted by molar-refractivity contribution is 0.352. The van der Waals surface area contributed by atoms with Gasteiger partial charge in [-0.3, -0.25) is 0 Å². The third-order valence-electron chi connectivity index (χ3n) is 10.2. The van der Waals surface area contributed by atoms with Crippen LogP contribution in [0.1, 0.15) is 78.4 Å². The molecule has 0 aromatic heterocycles. The van der Waals surface area contributed by atoms with Crippen molar-refractivity contribution < 1.29 is 0 Å². The maximum absolute atomic E-state index is 2.45. The van der Waals surface area contributed by atoms with E-state index in [4.69, 9.17) is 0 Å². The van der Waals surface area contributed by atoms with Gasteiger partial charge in [-0.2, -0.15) is 0 Å². The zero-order chi connectivity index (χ0) is 21.7. The first-order valence-electron chi connectivity index (χ1n) is 12.4. The van der Waals surface area contributed by atoms with Crippen LogP contribution in [0.2, 0.25) is 0 Å². The molecule has 0 nitrogen and oxygen atoms in total. The molecule has 0 radical (unpaired) electrons. The highest BCUT2D eigenvalue weighted by Gasteiger charge is 2.43. The zero-order valence-corrected chi connectivity index (χ0v) is 20.4. The maximum atomic E-state index is 2.45. The van der Waals surface area contributed by atoms with Crippen molar-refractivity contribution in [3.05, 3.63) is 59.7 Å². The van der Waals surface area contributed by atoms with Crippen molar-refractivity contribution in [2.24, 2.45) is 47.3 Å². The average Bonchev–Trinajstić information content (AvgIpc) is 3.07. The molecule has 2 aliphatic carbocycles. The molecule has 2 fully saturated rings. The fraction of sp³-hybridized carbons (Fsp3) is 0.600. The Kier molecular flexibility index (Phi) is 5.90. The summed E-state index contributed by atoms with van der Waals surface area (Å²) in [6.07, 6.45) is 0. The Labute approximate surface area is 185 Å². The molecule has 0 amide bonds. The van der Waals surface area contributed by atoms with E-state index < -0.39 is 0 Å². The minimum atomic E-state index is 0.695. The Morgan fingerprint density at radius 1 is 0.333 bits per heavy atom. The van der Waals surface area contributed by atoms with Crippen molar-refractivity contribution in [2.75, 3.05) is 0 Å².